The second-order valence-corrected chi connectivity index (χ2v) is 10.9. The molecule has 0 aliphatic carbocycles. The largest absolute Gasteiger partial charge is 0.352 e. The summed E-state index contributed by atoms with van der Waals surface area (Å²) in [5.41, 5.74) is 6.72. The topological polar surface area (TPSA) is 62.2 Å². The number of pyridine rings is 1. The zero-order valence-electron chi connectivity index (χ0n) is 21.9. The number of hydrogen-bond acceptors (Lipinski definition) is 3. The van der Waals surface area contributed by atoms with E-state index in [2.05, 4.69) is 38.1 Å². The standard InChI is InChI=1S/C30H29Cl2N5OS/c1-18-10-12-21(13-11-18)34-26(38)14-16-36-29(28(35-30(36)39)24-8-4-5-15-33-24)22-17-19(2)37(20(22)3)25-9-6-7-23(31)27(25)32/h4-13,15,17,28-29H,14,16H2,1-3H3,(H,34,38)(H,35,39)/t28-,29+/m0/s1. The summed E-state index contributed by atoms with van der Waals surface area (Å²) in [5, 5.41) is 8.05. The lowest BCUT2D eigenvalue weighted by Gasteiger charge is -2.28. The summed E-state index contributed by atoms with van der Waals surface area (Å²) >= 11 is 18.8. The number of aryl methyl sites for hydroxylation is 2. The SMILES string of the molecule is Cc1ccc(NC(=O)CCN2C(=S)N[C@@H](c3ccccn3)[C@H]2c2cc(C)n(-c3cccc(Cl)c3Cl)c2C)cc1. The highest BCUT2D eigenvalue weighted by atomic mass is 35.5. The van der Waals surface area contributed by atoms with Crippen LogP contribution in [0.15, 0.2) is 72.9 Å². The van der Waals surface area contributed by atoms with Crippen LogP contribution in [-0.4, -0.2) is 32.0 Å². The first-order valence-electron chi connectivity index (χ1n) is 12.7. The molecule has 1 aliphatic heterocycles. The number of carbonyl (C=O) groups is 1. The van der Waals surface area contributed by atoms with Crippen molar-refractivity contribution in [1.29, 1.82) is 0 Å². The Morgan fingerprint density at radius 2 is 1.82 bits per heavy atom. The van der Waals surface area contributed by atoms with Gasteiger partial charge in [-0.3, -0.25) is 9.78 Å². The van der Waals surface area contributed by atoms with Crippen molar-refractivity contribution in [3.05, 3.63) is 111 Å². The predicted octanol–water partition coefficient (Wildman–Crippen LogP) is 7.11. The maximum absolute atomic E-state index is 12.9. The summed E-state index contributed by atoms with van der Waals surface area (Å²) in [4.78, 5) is 19.6. The van der Waals surface area contributed by atoms with Crippen LogP contribution in [0.25, 0.3) is 5.69 Å². The van der Waals surface area contributed by atoms with Crippen molar-refractivity contribution in [2.45, 2.75) is 39.3 Å². The van der Waals surface area contributed by atoms with Gasteiger partial charge in [0.1, 0.15) is 0 Å². The zero-order valence-corrected chi connectivity index (χ0v) is 24.2. The van der Waals surface area contributed by atoms with Crippen molar-refractivity contribution in [2.24, 2.45) is 0 Å². The summed E-state index contributed by atoms with van der Waals surface area (Å²) in [6, 6.07) is 21.0. The van der Waals surface area contributed by atoms with Gasteiger partial charge in [-0.2, -0.15) is 0 Å². The van der Waals surface area contributed by atoms with Crippen LogP contribution in [0.1, 0.15) is 46.7 Å². The van der Waals surface area contributed by atoms with Gasteiger partial charge in [-0.05, 0) is 81.0 Å². The van der Waals surface area contributed by atoms with E-state index in [-0.39, 0.29) is 24.4 Å². The summed E-state index contributed by atoms with van der Waals surface area (Å²) in [7, 11) is 0. The van der Waals surface area contributed by atoms with Crippen LogP contribution in [0.5, 0.6) is 0 Å². The summed E-state index contributed by atoms with van der Waals surface area (Å²) in [6.45, 7) is 6.57. The van der Waals surface area contributed by atoms with Crippen LogP contribution < -0.4 is 10.6 Å². The van der Waals surface area contributed by atoms with Gasteiger partial charge in [0.05, 0.1) is 33.5 Å². The Morgan fingerprint density at radius 3 is 2.54 bits per heavy atom. The quantitative estimate of drug-likeness (QED) is 0.229. The molecule has 3 heterocycles. The number of amides is 1. The summed E-state index contributed by atoms with van der Waals surface area (Å²) in [5.74, 6) is -0.0714. The minimum absolute atomic E-state index is 0.0714. The van der Waals surface area contributed by atoms with E-state index in [0.717, 1.165) is 39.6 Å². The average Bonchev–Trinajstić information content (AvgIpc) is 3.40. The molecule has 6 nitrogen and oxygen atoms in total. The van der Waals surface area contributed by atoms with E-state index in [1.54, 1.807) is 12.3 Å². The third-order valence-electron chi connectivity index (χ3n) is 7.07. The van der Waals surface area contributed by atoms with Gasteiger partial charge in [-0.25, -0.2) is 0 Å². The maximum atomic E-state index is 12.9. The molecule has 0 unspecified atom stereocenters. The Balaban J connectivity index is 1.48. The number of rotatable bonds is 7. The van der Waals surface area contributed by atoms with Crippen molar-refractivity contribution < 1.29 is 4.79 Å². The molecule has 1 amide bonds. The number of nitrogens with zero attached hydrogens (tertiary/aromatic N) is 3. The van der Waals surface area contributed by atoms with Gasteiger partial charge in [-0.15, -0.1) is 0 Å². The van der Waals surface area contributed by atoms with Gasteiger partial charge in [0.15, 0.2) is 5.11 Å². The fourth-order valence-corrected chi connectivity index (χ4v) is 5.90. The van der Waals surface area contributed by atoms with E-state index in [1.165, 1.54) is 0 Å². The van der Waals surface area contributed by atoms with Crippen LogP contribution in [-0.2, 0) is 4.79 Å². The monoisotopic (exact) mass is 577 g/mol. The smallest absolute Gasteiger partial charge is 0.226 e. The van der Waals surface area contributed by atoms with Gasteiger partial charge in [0.2, 0.25) is 5.91 Å². The summed E-state index contributed by atoms with van der Waals surface area (Å²) < 4.78 is 2.11. The maximum Gasteiger partial charge on any atom is 0.226 e. The molecule has 5 rings (SSSR count). The Kier molecular flexibility index (Phi) is 7.93. The molecule has 2 aromatic carbocycles. The highest BCUT2D eigenvalue weighted by molar-refractivity contribution is 7.80. The van der Waals surface area contributed by atoms with Crippen LogP contribution >= 0.6 is 35.4 Å². The van der Waals surface area contributed by atoms with Crippen molar-refractivity contribution in [3.8, 4) is 5.69 Å². The molecule has 4 aromatic rings. The van der Waals surface area contributed by atoms with E-state index in [1.807, 2.05) is 68.4 Å². The van der Waals surface area contributed by atoms with Crippen molar-refractivity contribution in [2.75, 3.05) is 11.9 Å². The van der Waals surface area contributed by atoms with Crippen molar-refractivity contribution in [3.63, 3.8) is 0 Å². The van der Waals surface area contributed by atoms with Crippen molar-refractivity contribution in [1.82, 2.24) is 19.8 Å². The molecule has 0 spiro atoms. The van der Waals surface area contributed by atoms with E-state index in [0.29, 0.717) is 21.7 Å². The molecule has 9 heteroatoms. The van der Waals surface area contributed by atoms with E-state index in [9.17, 15) is 4.79 Å². The Labute approximate surface area is 244 Å². The van der Waals surface area contributed by atoms with Crippen LogP contribution in [0.2, 0.25) is 10.0 Å². The number of nitrogens with one attached hydrogen (secondary N) is 2. The minimum atomic E-state index is -0.192. The first-order chi connectivity index (χ1) is 18.7. The molecule has 39 heavy (non-hydrogen) atoms. The highest BCUT2D eigenvalue weighted by Gasteiger charge is 2.41. The van der Waals surface area contributed by atoms with E-state index in [4.69, 9.17) is 35.4 Å². The molecular formula is C30H29Cl2N5OS. The Bertz CT molecular complexity index is 1520. The van der Waals surface area contributed by atoms with Gasteiger partial charge in [-0.1, -0.05) is 53.0 Å². The van der Waals surface area contributed by atoms with Gasteiger partial charge >= 0.3 is 0 Å². The molecule has 0 saturated carbocycles. The second kappa shape index (κ2) is 11.4. The normalized spacial score (nSPS) is 16.8. The second-order valence-electron chi connectivity index (χ2n) is 9.72. The number of halogens is 2. The number of thiocarbonyl (C=S) groups is 1. The zero-order chi connectivity index (χ0) is 27.7. The highest BCUT2D eigenvalue weighted by Crippen LogP contribution is 2.42. The predicted molar refractivity (Wildman–Crippen MR) is 162 cm³/mol. The Morgan fingerprint density at radius 1 is 1.05 bits per heavy atom. The van der Waals surface area contributed by atoms with Crippen molar-refractivity contribution >= 4 is 52.1 Å². The number of hydrogen-bond donors (Lipinski definition) is 2. The molecule has 1 saturated heterocycles. The fourth-order valence-electron chi connectivity index (χ4n) is 5.19. The first kappa shape index (κ1) is 27.2. The van der Waals surface area contributed by atoms with E-state index >= 15 is 0 Å². The van der Waals surface area contributed by atoms with Crippen LogP contribution in [0, 0.1) is 20.8 Å². The first-order valence-corrected chi connectivity index (χ1v) is 13.9. The molecule has 1 aliphatic rings. The molecule has 0 bridgehead atoms. The number of carbonyl (C=O) groups excluding carboxylic acids is 1. The fraction of sp³-hybridized carbons (Fsp3) is 0.233. The van der Waals surface area contributed by atoms with Crippen LogP contribution in [0.3, 0.4) is 0 Å². The average molecular weight is 579 g/mol. The van der Waals surface area contributed by atoms with Gasteiger partial charge in [0.25, 0.3) is 0 Å². The molecule has 200 valence electrons. The third kappa shape index (κ3) is 5.53. The number of aromatic nitrogens is 2. The van der Waals surface area contributed by atoms with E-state index < -0.39 is 0 Å². The number of anilines is 1. The minimum Gasteiger partial charge on any atom is -0.352 e. The molecule has 1 fully saturated rings. The van der Waals surface area contributed by atoms with Crippen LogP contribution in [0.4, 0.5) is 5.69 Å². The van der Waals surface area contributed by atoms with Gasteiger partial charge in [0, 0.05) is 36.2 Å². The lowest BCUT2D eigenvalue weighted by Crippen LogP contribution is -2.32. The molecule has 2 aromatic heterocycles. The number of benzene rings is 2. The molecule has 0 radical (unpaired) electrons. The lowest BCUT2D eigenvalue weighted by atomic mass is 9.96. The molecule has 2 atom stereocenters. The Hall–Kier alpha value is -3.39. The molecule has 2 N–H and O–H groups in total. The molecular weight excluding hydrogens is 549 g/mol. The lowest BCUT2D eigenvalue weighted by molar-refractivity contribution is -0.116. The summed E-state index contributed by atoms with van der Waals surface area (Å²) in [6.07, 6.45) is 2.06. The van der Waals surface area contributed by atoms with Gasteiger partial charge < -0.3 is 20.1 Å². The third-order valence-corrected chi connectivity index (χ3v) is 8.24.